The maximum absolute atomic E-state index is 10.9. The van der Waals surface area contributed by atoms with Crippen molar-refractivity contribution in [3.8, 4) is 11.3 Å². The first-order chi connectivity index (χ1) is 12.6. The summed E-state index contributed by atoms with van der Waals surface area (Å²) in [6, 6.07) is 6.95. The number of nitrogens with two attached hydrogens (primary N) is 1. The Bertz CT molecular complexity index is 1010. The van der Waals surface area contributed by atoms with Crippen LogP contribution in [0.4, 0.5) is 11.5 Å². The third kappa shape index (κ3) is 2.17. The Labute approximate surface area is 148 Å². The molecule has 1 aliphatic carbocycles. The fraction of sp³-hybridized carbons (Fsp3) is 0.353. The van der Waals surface area contributed by atoms with Crippen LogP contribution in [-0.2, 0) is 0 Å². The van der Waals surface area contributed by atoms with Gasteiger partial charge in [0.05, 0.1) is 16.4 Å². The summed E-state index contributed by atoms with van der Waals surface area (Å²) < 4.78 is 1.96. The molecular weight excluding hydrogens is 334 g/mol. The minimum atomic E-state index is -0.418. The Balaban J connectivity index is 1.67. The van der Waals surface area contributed by atoms with Crippen LogP contribution >= 0.6 is 0 Å². The Hall–Kier alpha value is -3.07. The van der Waals surface area contributed by atoms with Crippen LogP contribution in [0.5, 0.6) is 0 Å². The van der Waals surface area contributed by atoms with Crippen molar-refractivity contribution in [3.05, 3.63) is 40.7 Å². The van der Waals surface area contributed by atoms with Crippen molar-refractivity contribution in [2.75, 3.05) is 12.3 Å². The molecule has 2 bridgehead atoms. The highest BCUT2D eigenvalue weighted by Gasteiger charge is 2.42. The van der Waals surface area contributed by atoms with E-state index in [0.717, 1.165) is 24.9 Å². The monoisotopic (exact) mass is 351 g/mol. The first kappa shape index (κ1) is 15.2. The fourth-order valence-corrected chi connectivity index (χ4v) is 4.26. The number of anilines is 1. The molecule has 3 aromatic rings. The van der Waals surface area contributed by atoms with Crippen LogP contribution in [0.15, 0.2) is 30.6 Å². The maximum atomic E-state index is 10.9. The van der Waals surface area contributed by atoms with Gasteiger partial charge in [0, 0.05) is 23.7 Å². The van der Waals surface area contributed by atoms with Crippen LogP contribution in [-0.4, -0.2) is 37.3 Å². The average Bonchev–Trinajstić information content (AvgIpc) is 3.36. The van der Waals surface area contributed by atoms with Crippen molar-refractivity contribution >= 4 is 22.5 Å². The lowest BCUT2D eigenvalue weighted by molar-refractivity contribution is -0.384. The van der Waals surface area contributed by atoms with Crippen molar-refractivity contribution in [1.82, 2.24) is 25.1 Å². The molecule has 9 nitrogen and oxygen atoms in total. The number of nitro groups is 1. The quantitative estimate of drug-likeness (QED) is 0.545. The number of benzene rings is 1. The number of nitro benzene ring substituents is 1. The number of rotatable bonds is 3. The van der Waals surface area contributed by atoms with E-state index in [9.17, 15) is 10.1 Å². The van der Waals surface area contributed by atoms with Gasteiger partial charge >= 0.3 is 0 Å². The van der Waals surface area contributed by atoms with Gasteiger partial charge in [0.15, 0.2) is 5.65 Å². The zero-order valence-electron chi connectivity index (χ0n) is 13.9. The van der Waals surface area contributed by atoms with Crippen LogP contribution in [0.2, 0.25) is 0 Å². The van der Waals surface area contributed by atoms with Crippen LogP contribution < -0.4 is 11.1 Å². The van der Waals surface area contributed by atoms with E-state index in [0.29, 0.717) is 34.5 Å². The van der Waals surface area contributed by atoms with Gasteiger partial charge in [0.25, 0.3) is 5.69 Å². The largest absolute Gasteiger partial charge is 0.383 e. The van der Waals surface area contributed by atoms with Gasteiger partial charge in [0.2, 0.25) is 0 Å². The number of fused-ring (bicyclic) bond motifs is 3. The molecule has 26 heavy (non-hydrogen) atoms. The number of non-ortho nitro benzene ring substituents is 1. The van der Waals surface area contributed by atoms with Crippen molar-refractivity contribution in [1.29, 1.82) is 0 Å². The summed E-state index contributed by atoms with van der Waals surface area (Å²) in [5.74, 6) is 1.04. The standard InChI is InChI=1S/C17H17N7O2/c18-16-14-15(10-1-3-11(4-2-10)24(25)26)22-23(17(14)21-8-20-16)13-6-9-5-12(13)19-7-9/h1-4,8-9,12-13,19H,5-7H2,(H2,18,20,21). The predicted molar refractivity (Wildman–Crippen MR) is 95.4 cm³/mol. The first-order valence-corrected chi connectivity index (χ1v) is 8.58. The second kappa shape index (κ2) is 5.46. The molecule has 1 aliphatic heterocycles. The van der Waals surface area contributed by atoms with Gasteiger partial charge in [-0.1, -0.05) is 0 Å². The van der Waals surface area contributed by atoms with E-state index in [1.807, 2.05) is 4.68 Å². The second-order valence-corrected chi connectivity index (χ2v) is 6.97. The topological polar surface area (TPSA) is 125 Å². The number of piperidine rings is 1. The van der Waals surface area contributed by atoms with Crippen LogP contribution in [0, 0.1) is 16.0 Å². The molecule has 1 saturated heterocycles. The van der Waals surface area contributed by atoms with Gasteiger partial charge < -0.3 is 11.1 Å². The van der Waals surface area contributed by atoms with E-state index in [2.05, 4.69) is 15.3 Å². The highest BCUT2D eigenvalue weighted by molar-refractivity contribution is 5.98. The summed E-state index contributed by atoms with van der Waals surface area (Å²) in [7, 11) is 0. The van der Waals surface area contributed by atoms with E-state index in [1.165, 1.54) is 18.5 Å². The number of nitrogens with one attached hydrogen (secondary N) is 1. The highest BCUT2D eigenvalue weighted by Crippen LogP contribution is 2.42. The molecular formula is C17H17N7O2. The maximum Gasteiger partial charge on any atom is 0.269 e. The van der Waals surface area contributed by atoms with Crippen molar-refractivity contribution in [2.45, 2.75) is 24.9 Å². The minimum Gasteiger partial charge on any atom is -0.383 e. The molecule has 1 aromatic carbocycles. The van der Waals surface area contributed by atoms with Gasteiger partial charge in [-0.3, -0.25) is 10.1 Å². The lowest BCUT2D eigenvalue weighted by atomic mass is 10.1. The molecule has 0 spiro atoms. The SMILES string of the molecule is Nc1ncnc2c1c(-c1ccc([N+](=O)[O-])cc1)nn2C1CC2CNC1C2. The molecule has 2 fully saturated rings. The molecule has 2 aliphatic rings. The number of hydrogen-bond acceptors (Lipinski definition) is 7. The normalized spacial score (nSPS) is 24.4. The summed E-state index contributed by atoms with van der Waals surface area (Å²) in [5, 5.41) is 20.0. The molecule has 3 heterocycles. The molecule has 0 amide bonds. The van der Waals surface area contributed by atoms with E-state index in [-0.39, 0.29) is 11.7 Å². The molecule has 5 rings (SSSR count). The molecule has 3 atom stereocenters. The molecule has 2 aromatic heterocycles. The lowest BCUT2D eigenvalue weighted by Gasteiger charge is -2.23. The van der Waals surface area contributed by atoms with E-state index in [4.69, 9.17) is 10.8 Å². The number of nitrogen functional groups attached to an aromatic ring is 1. The molecule has 0 radical (unpaired) electrons. The molecule has 3 N–H and O–H groups in total. The average molecular weight is 351 g/mol. The summed E-state index contributed by atoms with van der Waals surface area (Å²) in [5.41, 5.74) is 8.31. The van der Waals surface area contributed by atoms with Crippen molar-refractivity contribution < 1.29 is 4.92 Å². The highest BCUT2D eigenvalue weighted by atomic mass is 16.6. The van der Waals surface area contributed by atoms with Gasteiger partial charge in [-0.15, -0.1) is 0 Å². The zero-order chi connectivity index (χ0) is 17.8. The predicted octanol–water partition coefficient (Wildman–Crippen LogP) is 1.91. The minimum absolute atomic E-state index is 0.0408. The number of hydrogen-bond donors (Lipinski definition) is 2. The molecule has 3 unspecified atom stereocenters. The Morgan fingerprint density at radius 1 is 1.23 bits per heavy atom. The number of nitrogens with zero attached hydrogens (tertiary/aromatic N) is 5. The fourth-order valence-electron chi connectivity index (χ4n) is 4.26. The van der Waals surface area contributed by atoms with Gasteiger partial charge in [-0.2, -0.15) is 5.10 Å². The van der Waals surface area contributed by atoms with E-state index in [1.54, 1.807) is 12.1 Å². The summed E-state index contributed by atoms with van der Waals surface area (Å²) >= 11 is 0. The third-order valence-corrected chi connectivity index (χ3v) is 5.48. The molecule has 9 heteroatoms. The number of aromatic nitrogens is 4. The molecule has 132 valence electrons. The van der Waals surface area contributed by atoms with Crippen molar-refractivity contribution in [2.24, 2.45) is 5.92 Å². The van der Waals surface area contributed by atoms with E-state index >= 15 is 0 Å². The Kier molecular flexibility index (Phi) is 3.20. The zero-order valence-corrected chi connectivity index (χ0v) is 13.9. The Morgan fingerprint density at radius 2 is 2.04 bits per heavy atom. The van der Waals surface area contributed by atoms with Crippen LogP contribution in [0.25, 0.3) is 22.3 Å². The third-order valence-electron chi connectivity index (χ3n) is 5.48. The summed E-state index contributed by atoms with van der Waals surface area (Å²) in [6.07, 6.45) is 3.67. The van der Waals surface area contributed by atoms with Crippen LogP contribution in [0.1, 0.15) is 18.9 Å². The van der Waals surface area contributed by atoms with Gasteiger partial charge in [-0.25, -0.2) is 14.6 Å². The van der Waals surface area contributed by atoms with Gasteiger partial charge in [-0.05, 0) is 37.4 Å². The van der Waals surface area contributed by atoms with Gasteiger partial charge in [0.1, 0.15) is 17.8 Å². The summed E-state index contributed by atoms with van der Waals surface area (Å²) in [6.45, 7) is 1.06. The second-order valence-electron chi connectivity index (χ2n) is 6.97. The van der Waals surface area contributed by atoms with Crippen LogP contribution in [0.3, 0.4) is 0 Å². The lowest BCUT2D eigenvalue weighted by Crippen LogP contribution is -2.35. The van der Waals surface area contributed by atoms with E-state index < -0.39 is 4.92 Å². The first-order valence-electron chi connectivity index (χ1n) is 8.58. The summed E-state index contributed by atoms with van der Waals surface area (Å²) in [4.78, 5) is 19.0. The molecule has 1 saturated carbocycles. The Morgan fingerprint density at radius 3 is 2.69 bits per heavy atom. The smallest absolute Gasteiger partial charge is 0.269 e. The van der Waals surface area contributed by atoms with Crippen molar-refractivity contribution in [3.63, 3.8) is 0 Å².